The van der Waals surface area contributed by atoms with Crippen LogP contribution < -0.4 is 15.8 Å². The number of morpholine rings is 1. The number of hydrogen-bond donors (Lipinski definition) is 2. The predicted molar refractivity (Wildman–Crippen MR) is 76.7 cm³/mol. The molecule has 5 heteroatoms. The van der Waals surface area contributed by atoms with Crippen molar-refractivity contribution < 1.29 is 9.47 Å². The largest absolute Gasteiger partial charge is 0.492 e. The second-order valence-electron chi connectivity index (χ2n) is 4.55. The number of ether oxygens (including phenoxy) is 2. The molecule has 1 heterocycles. The van der Waals surface area contributed by atoms with Gasteiger partial charge in [0.25, 0.3) is 0 Å². The van der Waals surface area contributed by atoms with E-state index in [4.69, 9.17) is 15.2 Å². The van der Waals surface area contributed by atoms with Crippen LogP contribution >= 0.6 is 0 Å². The summed E-state index contributed by atoms with van der Waals surface area (Å²) < 4.78 is 11.1. The Morgan fingerprint density at radius 1 is 1.32 bits per heavy atom. The van der Waals surface area contributed by atoms with Crippen LogP contribution in [0.25, 0.3) is 0 Å². The highest BCUT2D eigenvalue weighted by atomic mass is 16.5. The first-order valence-corrected chi connectivity index (χ1v) is 6.85. The molecule has 19 heavy (non-hydrogen) atoms. The lowest BCUT2D eigenvalue weighted by atomic mass is 10.3. The molecular formula is C14H23N3O2. The second kappa shape index (κ2) is 7.99. The molecule has 1 aliphatic heterocycles. The molecule has 106 valence electrons. The third-order valence-corrected chi connectivity index (χ3v) is 3.09. The predicted octanol–water partition coefficient (Wildman–Crippen LogP) is 0.768. The van der Waals surface area contributed by atoms with Gasteiger partial charge in [-0.2, -0.15) is 0 Å². The van der Waals surface area contributed by atoms with Gasteiger partial charge in [-0.05, 0) is 12.1 Å². The van der Waals surface area contributed by atoms with Crippen LogP contribution in [0.3, 0.4) is 0 Å². The van der Waals surface area contributed by atoms with Gasteiger partial charge in [-0.15, -0.1) is 0 Å². The lowest BCUT2D eigenvalue weighted by Crippen LogP contribution is -2.38. The van der Waals surface area contributed by atoms with Gasteiger partial charge in [0.1, 0.15) is 12.4 Å². The zero-order valence-corrected chi connectivity index (χ0v) is 11.3. The van der Waals surface area contributed by atoms with E-state index in [1.54, 1.807) is 0 Å². The first-order valence-electron chi connectivity index (χ1n) is 6.85. The monoisotopic (exact) mass is 265 g/mol. The Morgan fingerprint density at radius 3 is 2.95 bits per heavy atom. The average Bonchev–Trinajstić information content (AvgIpc) is 2.47. The molecule has 3 N–H and O–H groups in total. The van der Waals surface area contributed by atoms with E-state index >= 15 is 0 Å². The first-order chi connectivity index (χ1) is 9.38. The Bertz CT molecular complexity index is 367. The smallest absolute Gasteiger partial charge is 0.121 e. The Kier molecular flexibility index (Phi) is 5.94. The number of nitrogens with one attached hydrogen (secondary N) is 1. The summed E-state index contributed by atoms with van der Waals surface area (Å²) in [4.78, 5) is 2.36. The molecule has 1 fully saturated rings. The van der Waals surface area contributed by atoms with Gasteiger partial charge in [-0.1, -0.05) is 6.07 Å². The molecular weight excluding hydrogens is 242 g/mol. The molecule has 0 aromatic heterocycles. The standard InChI is InChI=1S/C14H23N3O2/c15-4-5-16-13-2-1-3-14(12-13)19-11-8-17-6-9-18-10-7-17/h1-3,12,16H,4-11,15H2. The van der Waals surface area contributed by atoms with Crippen LogP contribution in [0.4, 0.5) is 5.69 Å². The second-order valence-corrected chi connectivity index (χ2v) is 4.55. The summed E-state index contributed by atoms with van der Waals surface area (Å²) in [7, 11) is 0. The van der Waals surface area contributed by atoms with Crippen molar-refractivity contribution in [2.45, 2.75) is 0 Å². The van der Waals surface area contributed by atoms with Crippen LogP contribution in [0.2, 0.25) is 0 Å². The zero-order valence-electron chi connectivity index (χ0n) is 11.3. The Balaban J connectivity index is 1.72. The molecule has 0 bridgehead atoms. The van der Waals surface area contributed by atoms with E-state index < -0.39 is 0 Å². The van der Waals surface area contributed by atoms with Crippen LogP contribution in [0, 0.1) is 0 Å². The number of anilines is 1. The van der Waals surface area contributed by atoms with Crippen LogP contribution in [-0.2, 0) is 4.74 Å². The Labute approximate surface area is 114 Å². The highest BCUT2D eigenvalue weighted by molar-refractivity contribution is 5.48. The molecule has 1 aromatic carbocycles. The summed E-state index contributed by atoms with van der Waals surface area (Å²) in [5.74, 6) is 0.898. The number of benzene rings is 1. The summed E-state index contributed by atoms with van der Waals surface area (Å²) in [6.45, 7) is 6.73. The summed E-state index contributed by atoms with van der Waals surface area (Å²) >= 11 is 0. The van der Waals surface area contributed by atoms with Crippen molar-refractivity contribution in [1.82, 2.24) is 4.90 Å². The fourth-order valence-electron chi connectivity index (χ4n) is 2.03. The maximum atomic E-state index is 5.78. The topological polar surface area (TPSA) is 59.8 Å². The van der Waals surface area contributed by atoms with Gasteiger partial charge in [-0.25, -0.2) is 0 Å². The Morgan fingerprint density at radius 2 is 2.16 bits per heavy atom. The highest BCUT2D eigenvalue weighted by Crippen LogP contribution is 2.17. The van der Waals surface area contributed by atoms with Gasteiger partial charge in [0.15, 0.2) is 0 Å². The van der Waals surface area contributed by atoms with Crippen molar-refractivity contribution >= 4 is 5.69 Å². The minimum Gasteiger partial charge on any atom is -0.492 e. The van der Waals surface area contributed by atoms with E-state index in [0.29, 0.717) is 13.2 Å². The van der Waals surface area contributed by atoms with Gasteiger partial charge in [0.05, 0.1) is 13.2 Å². The average molecular weight is 265 g/mol. The fraction of sp³-hybridized carbons (Fsp3) is 0.571. The molecule has 0 atom stereocenters. The van der Waals surface area contributed by atoms with E-state index in [1.807, 2.05) is 24.3 Å². The molecule has 0 unspecified atom stereocenters. The molecule has 5 nitrogen and oxygen atoms in total. The summed E-state index contributed by atoms with van der Waals surface area (Å²) in [5.41, 5.74) is 6.52. The van der Waals surface area contributed by atoms with Crippen molar-refractivity contribution in [1.29, 1.82) is 0 Å². The normalized spacial score (nSPS) is 16.3. The number of nitrogens with two attached hydrogens (primary N) is 1. The van der Waals surface area contributed by atoms with Crippen molar-refractivity contribution in [2.75, 3.05) is 57.9 Å². The fourth-order valence-corrected chi connectivity index (χ4v) is 2.03. The van der Waals surface area contributed by atoms with Gasteiger partial charge < -0.3 is 20.5 Å². The number of nitrogens with zero attached hydrogens (tertiary/aromatic N) is 1. The van der Waals surface area contributed by atoms with Gasteiger partial charge in [0.2, 0.25) is 0 Å². The van der Waals surface area contributed by atoms with E-state index in [2.05, 4.69) is 10.2 Å². The molecule has 0 spiro atoms. The minimum atomic E-state index is 0.627. The van der Waals surface area contributed by atoms with Crippen LogP contribution in [0.5, 0.6) is 5.75 Å². The van der Waals surface area contributed by atoms with E-state index in [9.17, 15) is 0 Å². The lowest BCUT2D eigenvalue weighted by molar-refractivity contribution is 0.0322. The zero-order chi connectivity index (χ0) is 13.3. The summed E-state index contributed by atoms with van der Waals surface area (Å²) in [6.07, 6.45) is 0. The maximum absolute atomic E-state index is 5.78. The van der Waals surface area contributed by atoms with Crippen LogP contribution in [0.1, 0.15) is 0 Å². The van der Waals surface area contributed by atoms with Crippen molar-refractivity contribution in [2.24, 2.45) is 5.73 Å². The van der Waals surface area contributed by atoms with Crippen LogP contribution in [0.15, 0.2) is 24.3 Å². The van der Waals surface area contributed by atoms with Crippen molar-refractivity contribution in [3.05, 3.63) is 24.3 Å². The lowest BCUT2D eigenvalue weighted by Gasteiger charge is -2.26. The molecule has 0 amide bonds. The third-order valence-electron chi connectivity index (χ3n) is 3.09. The molecule has 0 radical (unpaired) electrons. The van der Waals surface area contributed by atoms with Crippen molar-refractivity contribution in [3.8, 4) is 5.75 Å². The Hall–Kier alpha value is -1.30. The third kappa shape index (κ3) is 5.06. The quantitative estimate of drug-likeness (QED) is 0.762. The first kappa shape index (κ1) is 14.1. The minimum absolute atomic E-state index is 0.627. The van der Waals surface area contributed by atoms with Crippen molar-refractivity contribution in [3.63, 3.8) is 0 Å². The van der Waals surface area contributed by atoms with Gasteiger partial charge in [-0.3, -0.25) is 4.90 Å². The molecule has 0 saturated carbocycles. The van der Waals surface area contributed by atoms with Gasteiger partial charge >= 0.3 is 0 Å². The maximum Gasteiger partial charge on any atom is 0.121 e. The van der Waals surface area contributed by atoms with Gasteiger partial charge in [0, 0.05) is 44.5 Å². The van der Waals surface area contributed by atoms with E-state index in [0.717, 1.165) is 50.8 Å². The number of hydrogen-bond acceptors (Lipinski definition) is 5. The van der Waals surface area contributed by atoms with Crippen LogP contribution in [-0.4, -0.2) is 57.4 Å². The summed E-state index contributed by atoms with van der Waals surface area (Å²) in [5, 5.41) is 3.24. The molecule has 1 aromatic rings. The van der Waals surface area contributed by atoms with E-state index in [1.165, 1.54) is 0 Å². The SMILES string of the molecule is NCCNc1cccc(OCCN2CCOCC2)c1. The summed E-state index contributed by atoms with van der Waals surface area (Å²) in [6, 6.07) is 8.00. The molecule has 1 saturated heterocycles. The number of rotatable bonds is 7. The highest BCUT2D eigenvalue weighted by Gasteiger charge is 2.09. The van der Waals surface area contributed by atoms with E-state index in [-0.39, 0.29) is 0 Å². The molecule has 1 aliphatic rings. The molecule has 0 aliphatic carbocycles. The molecule has 2 rings (SSSR count).